The summed E-state index contributed by atoms with van der Waals surface area (Å²) in [7, 11) is 1.56. The van der Waals surface area contributed by atoms with Crippen molar-refractivity contribution in [3.63, 3.8) is 0 Å². The Balaban J connectivity index is 1.39. The predicted octanol–water partition coefficient (Wildman–Crippen LogP) is 1.93. The van der Waals surface area contributed by atoms with E-state index in [4.69, 9.17) is 4.74 Å². The first-order valence-corrected chi connectivity index (χ1v) is 11.3. The first kappa shape index (κ1) is 20.7. The summed E-state index contributed by atoms with van der Waals surface area (Å²) in [6.45, 7) is 4.16. The van der Waals surface area contributed by atoms with E-state index < -0.39 is 11.2 Å². The van der Waals surface area contributed by atoms with Crippen molar-refractivity contribution >= 4 is 17.0 Å². The first-order valence-electron chi connectivity index (χ1n) is 11.3. The van der Waals surface area contributed by atoms with E-state index in [0.717, 1.165) is 30.5 Å². The van der Waals surface area contributed by atoms with Crippen LogP contribution in [-0.2, 0) is 0 Å². The highest BCUT2D eigenvalue weighted by molar-refractivity contribution is 5.73. The highest BCUT2D eigenvalue weighted by atomic mass is 16.5. The van der Waals surface area contributed by atoms with Gasteiger partial charge < -0.3 is 14.5 Å². The molecule has 0 saturated carbocycles. The molecule has 2 saturated heterocycles. The molecule has 1 aromatic carbocycles. The topological polar surface area (TPSA) is 96.3 Å². The van der Waals surface area contributed by atoms with Crippen molar-refractivity contribution in [3.05, 3.63) is 51.3 Å². The number of hydrogen-bond donors (Lipinski definition) is 1. The van der Waals surface area contributed by atoms with Crippen LogP contribution in [0, 0.1) is 0 Å². The lowest BCUT2D eigenvalue weighted by Crippen LogP contribution is -2.47. The van der Waals surface area contributed by atoms with E-state index in [0.29, 0.717) is 23.4 Å². The molecule has 0 atom stereocenters. The van der Waals surface area contributed by atoms with Crippen molar-refractivity contribution in [1.29, 1.82) is 0 Å². The maximum absolute atomic E-state index is 13.0. The Morgan fingerprint density at radius 1 is 1.00 bits per heavy atom. The van der Waals surface area contributed by atoms with Crippen LogP contribution in [0.1, 0.15) is 32.1 Å². The third kappa shape index (κ3) is 3.88. The fourth-order valence-electron chi connectivity index (χ4n) is 4.83. The van der Waals surface area contributed by atoms with Gasteiger partial charge in [-0.1, -0.05) is 6.42 Å². The number of nitrogens with one attached hydrogen (secondary N) is 1. The molecule has 1 N–H and O–H groups in total. The quantitative estimate of drug-likeness (QED) is 0.668. The van der Waals surface area contributed by atoms with E-state index in [9.17, 15) is 9.59 Å². The summed E-state index contributed by atoms with van der Waals surface area (Å²) in [6, 6.07) is 7.38. The molecule has 5 rings (SSSR count). The molecule has 2 aromatic heterocycles. The molecule has 4 heterocycles. The zero-order valence-corrected chi connectivity index (χ0v) is 18.3. The molecule has 9 heteroatoms. The molecule has 9 nitrogen and oxygen atoms in total. The molecule has 0 amide bonds. The number of piperidine rings is 2. The van der Waals surface area contributed by atoms with E-state index in [1.807, 2.05) is 0 Å². The molecule has 0 radical (unpaired) electrons. The minimum Gasteiger partial charge on any atom is -0.497 e. The summed E-state index contributed by atoms with van der Waals surface area (Å²) in [6.07, 6.45) is 7.63. The normalized spacial score (nSPS) is 18.2. The fourth-order valence-corrected chi connectivity index (χ4v) is 4.83. The summed E-state index contributed by atoms with van der Waals surface area (Å²) in [5, 5.41) is 0.285. The second kappa shape index (κ2) is 8.74. The molecular formula is C23H28N6O3. The minimum atomic E-state index is -0.527. The molecular weight excluding hydrogens is 408 g/mol. The number of hydrogen-bond acceptors (Lipinski definition) is 7. The molecule has 0 bridgehead atoms. The van der Waals surface area contributed by atoms with E-state index in [-0.39, 0.29) is 11.0 Å². The SMILES string of the molecule is COc1ccc(-n2c(=O)[nH]c3nc(N4CCC(N5CCCCC5)CC4)ncc3c2=O)cc1. The van der Waals surface area contributed by atoms with E-state index in [2.05, 4.69) is 24.8 Å². The average Bonchev–Trinajstić information content (AvgIpc) is 2.85. The van der Waals surface area contributed by atoms with Crippen molar-refractivity contribution in [2.45, 2.75) is 38.1 Å². The highest BCUT2D eigenvalue weighted by Crippen LogP contribution is 2.23. The molecule has 0 spiro atoms. The van der Waals surface area contributed by atoms with Crippen molar-refractivity contribution in [3.8, 4) is 11.4 Å². The van der Waals surface area contributed by atoms with Gasteiger partial charge in [0.15, 0.2) is 5.65 Å². The van der Waals surface area contributed by atoms with Gasteiger partial charge in [-0.25, -0.2) is 14.3 Å². The van der Waals surface area contributed by atoms with Crippen molar-refractivity contribution in [2.75, 3.05) is 38.2 Å². The summed E-state index contributed by atoms with van der Waals surface area (Å²) >= 11 is 0. The van der Waals surface area contributed by atoms with Gasteiger partial charge in [-0.15, -0.1) is 0 Å². The number of anilines is 1. The summed E-state index contributed by atoms with van der Waals surface area (Å²) in [5.74, 6) is 1.21. The van der Waals surface area contributed by atoms with Crippen LogP contribution in [0.25, 0.3) is 16.7 Å². The van der Waals surface area contributed by atoms with Gasteiger partial charge in [0.05, 0.1) is 12.8 Å². The van der Waals surface area contributed by atoms with Crippen LogP contribution in [0.5, 0.6) is 5.75 Å². The van der Waals surface area contributed by atoms with Crippen molar-refractivity contribution in [1.82, 2.24) is 24.4 Å². The largest absolute Gasteiger partial charge is 0.497 e. The number of aromatic nitrogens is 4. The number of aromatic amines is 1. The van der Waals surface area contributed by atoms with Crippen molar-refractivity contribution in [2.24, 2.45) is 0 Å². The number of methoxy groups -OCH3 is 1. The summed E-state index contributed by atoms with van der Waals surface area (Å²) in [4.78, 5) is 42.3. The third-order valence-corrected chi connectivity index (χ3v) is 6.62. The Kier molecular flexibility index (Phi) is 5.65. The number of rotatable bonds is 4. The lowest BCUT2D eigenvalue weighted by molar-refractivity contribution is 0.141. The summed E-state index contributed by atoms with van der Waals surface area (Å²) in [5.41, 5.74) is -0.235. The number of benzene rings is 1. The molecule has 0 unspecified atom stereocenters. The monoisotopic (exact) mass is 436 g/mol. The predicted molar refractivity (Wildman–Crippen MR) is 123 cm³/mol. The highest BCUT2D eigenvalue weighted by Gasteiger charge is 2.27. The molecule has 32 heavy (non-hydrogen) atoms. The summed E-state index contributed by atoms with van der Waals surface area (Å²) < 4.78 is 6.24. The van der Waals surface area contributed by atoms with Crippen LogP contribution in [0.2, 0.25) is 0 Å². The number of fused-ring (bicyclic) bond motifs is 1. The molecule has 168 valence electrons. The van der Waals surface area contributed by atoms with E-state index >= 15 is 0 Å². The van der Waals surface area contributed by atoms with Crippen LogP contribution in [-0.4, -0.2) is 63.7 Å². The Bertz CT molecular complexity index is 1210. The second-order valence-corrected chi connectivity index (χ2v) is 8.52. The maximum Gasteiger partial charge on any atom is 0.334 e. The number of likely N-dealkylation sites (tertiary alicyclic amines) is 1. The molecule has 2 aliphatic heterocycles. The van der Waals surface area contributed by atoms with Crippen molar-refractivity contribution < 1.29 is 4.74 Å². The van der Waals surface area contributed by atoms with Gasteiger partial charge in [0.25, 0.3) is 5.56 Å². The van der Waals surface area contributed by atoms with Gasteiger partial charge >= 0.3 is 5.69 Å². The second-order valence-electron chi connectivity index (χ2n) is 8.52. The van der Waals surface area contributed by atoms with Crippen LogP contribution in [0.15, 0.2) is 40.1 Å². The minimum absolute atomic E-state index is 0.271. The van der Waals surface area contributed by atoms with Gasteiger partial charge in [0.1, 0.15) is 11.1 Å². The molecule has 0 aliphatic carbocycles. The van der Waals surface area contributed by atoms with Gasteiger partial charge in [0, 0.05) is 25.3 Å². The molecule has 2 aliphatic rings. The average molecular weight is 437 g/mol. The Morgan fingerprint density at radius 3 is 2.41 bits per heavy atom. The smallest absolute Gasteiger partial charge is 0.334 e. The standard InChI is InChI=1S/C23H28N6O3/c1-32-18-7-5-17(6-8-18)29-21(30)19-15-24-22(25-20(19)26-23(29)31)28-13-9-16(10-14-28)27-11-3-2-4-12-27/h5-8,15-16H,2-4,9-14H2,1H3,(H,24,25,26,31). The fraction of sp³-hybridized carbons (Fsp3) is 0.478. The molecule has 2 fully saturated rings. The number of H-pyrrole nitrogens is 1. The lowest BCUT2D eigenvalue weighted by atomic mass is 10.0. The van der Waals surface area contributed by atoms with Crippen LogP contribution in [0.4, 0.5) is 5.95 Å². The van der Waals surface area contributed by atoms with Gasteiger partial charge in [0.2, 0.25) is 5.95 Å². The zero-order chi connectivity index (χ0) is 22.1. The molecule has 3 aromatic rings. The number of ether oxygens (including phenoxy) is 1. The van der Waals surface area contributed by atoms with Crippen LogP contribution < -0.4 is 20.9 Å². The van der Waals surface area contributed by atoms with E-state index in [1.165, 1.54) is 38.5 Å². The van der Waals surface area contributed by atoms with Gasteiger partial charge in [-0.05, 0) is 63.0 Å². The number of nitrogens with zero attached hydrogens (tertiary/aromatic N) is 5. The van der Waals surface area contributed by atoms with Crippen LogP contribution in [0.3, 0.4) is 0 Å². The van der Waals surface area contributed by atoms with Gasteiger partial charge in [-0.3, -0.25) is 9.78 Å². The first-order chi connectivity index (χ1) is 15.6. The maximum atomic E-state index is 13.0. The Labute approximate surface area is 185 Å². The van der Waals surface area contributed by atoms with E-state index in [1.54, 1.807) is 31.4 Å². The third-order valence-electron chi connectivity index (χ3n) is 6.62. The Hall–Kier alpha value is -3.20. The van der Waals surface area contributed by atoms with Crippen LogP contribution >= 0.6 is 0 Å². The van der Waals surface area contributed by atoms with Gasteiger partial charge in [-0.2, -0.15) is 4.98 Å². The Morgan fingerprint density at radius 2 is 1.72 bits per heavy atom. The zero-order valence-electron chi connectivity index (χ0n) is 18.3. The lowest BCUT2D eigenvalue weighted by Gasteiger charge is -2.40.